The Labute approximate surface area is 208 Å². The second-order valence-electron chi connectivity index (χ2n) is 8.91. The fourth-order valence-electron chi connectivity index (χ4n) is 4.87. The summed E-state index contributed by atoms with van der Waals surface area (Å²) < 4.78 is 20.0. The second kappa shape index (κ2) is 8.96. The first-order chi connectivity index (χ1) is 15.9. The molecule has 5 heteroatoms. The number of aliphatic hydroxyl groups excluding tert-OH is 1. The molecule has 1 saturated heterocycles. The van der Waals surface area contributed by atoms with Crippen LogP contribution in [0.2, 0.25) is 0 Å². The smallest absolute Gasteiger partial charge is 0.164 e. The van der Waals surface area contributed by atoms with Crippen LogP contribution in [0.4, 0.5) is 0 Å². The Morgan fingerprint density at radius 1 is 0.818 bits per heavy atom. The van der Waals surface area contributed by atoms with E-state index in [0.717, 1.165) is 25.8 Å². The van der Waals surface area contributed by atoms with Crippen LogP contribution in [0.25, 0.3) is 0 Å². The number of hydrogen-bond donors (Lipinski definition) is 1. The van der Waals surface area contributed by atoms with Gasteiger partial charge in [-0.05, 0) is 58.7 Å². The van der Waals surface area contributed by atoms with Gasteiger partial charge in [-0.25, -0.2) is 0 Å². The summed E-state index contributed by atoms with van der Waals surface area (Å²) in [6.07, 6.45) is -1.46. The third kappa shape index (κ3) is 4.06. The van der Waals surface area contributed by atoms with Crippen molar-refractivity contribution in [2.75, 3.05) is 6.61 Å². The SMILES string of the molecule is CC1(C)OC2[C@H](O1)C(COC(c1ccccc1)(c1ccccc1)c1ccccc1)=C(I)[C@@H]2O. The highest BCUT2D eigenvalue weighted by Gasteiger charge is 2.53. The molecule has 1 heterocycles. The third-order valence-corrected chi connectivity index (χ3v) is 7.67. The van der Waals surface area contributed by atoms with Gasteiger partial charge in [0.15, 0.2) is 5.79 Å². The average Bonchev–Trinajstić information content (AvgIpc) is 3.27. The largest absolute Gasteiger partial charge is 0.385 e. The van der Waals surface area contributed by atoms with Gasteiger partial charge in [-0.2, -0.15) is 0 Å². The highest BCUT2D eigenvalue weighted by molar-refractivity contribution is 14.1. The van der Waals surface area contributed by atoms with Crippen LogP contribution in [0.5, 0.6) is 0 Å². The summed E-state index contributed by atoms with van der Waals surface area (Å²) >= 11 is 2.20. The average molecular weight is 554 g/mol. The van der Waals surface area contributed by atoms with E-state index in [2.05, 4.69) is 59.0 Å². The van der Waals surface area contributed by atoms with Crippen molar-refractivity contribution in [3.63, 3.8) is 0 Å². The van der Waals surface area contributed by atoms with Gasteiger partial charge in [0.25, 0.3) is 0 Å². The Morgan fingerprint density at radius 3 is 1.73 bits per heavy atom. The molecule has 3 aromatic rings. The van der Waals surface area contributed by atoms with E-state index in [1.54, 1.807) is 0 Å². The van der Waals surface area contributed by atoms with Crippen LogP contribution >= 0.6 is 22.6 Å². The summed E-state index contributed by atoms with van der Waals surface area (Å²) in [5.41, 5.74) is 3.23. The maximum Gasteiger partial charge on any atom is 0.164 e. The number of aliphatic hydroxyl groups is 1. The van der Waals surface area contributed by atoms with Gasteiger partial charge in [0, 0.05) is 3.58 Å². The van der Waals surface area contributed by atoms with E-state index in [1.165, 1.54) is 0 Å². The van der Waals surface area contributed by atoms with Crippen molar-refractivity contribution >= 4 is 22.6 Å². The molecule has 3 aromatic carbocycles. The normalized spacial score (nSPS) is 24.2. The molecule has 0 saturated carbocycles. The summed E-state index contributed by atoms with van der Waals surface area (Å²) in [4.78, 5) is 0. The Kier molecular flexibility index (Phi) is 6.18. The van der Waals surface area contributed by atoms with Crippen molar-refractivity contribution in [3.8, 4) is 0 Å². The molecule has 1 unspecified atom stereocenters. The summed E-state index contributed by atoms with van der Waals surface area (Å²) in [5, 5.41) is 10.8. The Bertz CT molecular complexity index is 1030. The zero-order valence-corrected chi connectivity index (χ0v) is 20.8. The van der Waals surface area contributed by atoms with Crippen LogP contribution in [0.3, 0.4) is 0 Å². The van der Waals surface area contributed by atoms with Crippen LogP contribution in [0.15, 0.2) is 100 Å². The number of hydrogen-bond acceptors (Lipinski definition) is 4. The Morgan fingerprint density at radius 2 is 1.27 bits per heavy atom. The van der Waals surface area contributed by atoms with Crippen molar-refractivity contribution in [3.05, 3.63) is 117 Å². The number of fused-ring (bicyclic) bond motifs is 1. The van der Waals surface area contributed by atoms with E-state index in [9.17, 15) is 5.11 Å². The van der Waals surface area contributed by atoms with Gasteiger partial charge < -0.3 is 19.3 Å². The first kappa shape index (κ1) is 22.7. The van der Waals surface area contributed by atoms with Crippen LogP contribution < -0.4 is 0 Å². The van der Waals surface area contributed by atoms with Gasteiger partial charge in [-0.1, -0.05) is 91.0 Å². The molecule has 1 aliphatic carbocycles. The van der Waals surface area contributed by atoms with E-state index in [-0.39, 0.29) is 6.10 Å². The molecule has 2 aliphatic rings. The van der Waals surface area contributed by atoms with Gasteiger partial charge >= 0.3 is 0 Å². The molecule has 1 fully saturated rings. The Hall–Kier alpha value is -2.03. The molecular formula is C28H27IO4. The van der Waals surface area contributed by atoms with Gasteiger partial charge in [0.2, 0.25) is 0 Å². The van der Waals surface area contributed by atoms with E-state index in [4.69, 9.17) is 14.2 Å². The maximum atomic E-state index is 10.8. The van der Waals surface area contributed by atoms with E-state index >= 15 is 0 Å². The first-order valence-electron chi connectivity index (χ1n) is 11.1. The molecule has 0 bridgehead atoms. The summed E-state index contributed by atoms with van der Waals surface area (Å²) in [7, 11) is 0. The Balaban J connectivity index is 1.60. The molecule has 3 atom stereocenters. The van der Waals surface area contributed by atoms with Crippen molar-refractivity contribution in [1.29, 1.82) is 0 Å². The minimum Gasteiger partial charge on any atom is -0.385 e. The number of benzene rings is 3. The topological polar surface area (TPSA) is 47.9 Å². The van der Waals surface area contributed by atoms with Crippen molar-refractivity contribution < 1.29 is 19.3 Å². The molecule has 0 aromatic heterocycles. The van der Waals surface area contributed by atoms with Gasteiger partial charge in [-0.3, -0.25) is 0 Å². The predicted octanol–water partition coefficient (Wildman–Crippen LogP) is 5.58. The van der Waals surface area contributed by atoms with E-state index < -0.39 is 23.6 Å². The number of rotatable bonds is 6. The predicted molar refractivity (Wildman–Crippen MR) is 136 cm³/mol. The zero-order valence-electron chi connectivity index (χ0n) is 18.6. The van der Waals surface area contributed by atoms with Gasteiger partial charge in [0.1, 0.15) is 23.9 Å². The molecule has 0 radical (unpaired) electrons. The quantitative estimate of drug-likeness (QED) is 0.320. The van der Waals surface area contributed by atoms with E-state index in [0.29, 0.717) is 6.61 Å². The number of ether oxygens (including phenoxy) is 3. The zero-order chi connectivity index (χ0) is 23.1. The fraction of sp³-hybridized carbons (Fsp3) is 0.286. The lowest BCUT2D eigenvalue weighted by atomic mass is 9.80. The molecule has 1 N–H and O–H groups in total. The molecule has 170 valence electrons. The van der Waals surface area contributed by atoms with Gasteiger partial charge in [-0.15, -0.1) is 0 Å². The maximum absolute atomic E-state index is 10.8. The summed E-state index contributed by atoms with van der Waals surface area (Å²) in [6, 6.07) is 30.9. The summed E-state index contributed by atoms with van der Waals surface area (Å²) in [6.45, 7) is 4.06. The fourth-order valence-corrected chi connectivity index (χ4v) is 5.68. The van der Waals surface area contributed by atoms with Crippen molar-refractivity contribution in [2.45, 2.75) is 43.5 Å². The lowest BCUT2D eigenvalue weighted by molar-refractivity contribution is -0.153. The lowest BCUT2D eigenvalue weighted by Gasteiger charge is -2.36. The molecule has 0 amide bonds. The minimum absolute atomic E-state index is 0.300. The monoisotopic (exact) mass is 554 g/mol. The number of halogens is 1. The van der Waals surface area contributed by atoms with Crippen LogP contribution in [0.1, 0.15) is 30.5 Å². The van der Waals surface area contributed by atoms with Crippen LogP contribution in [0, 0.1) is 0 Å². The standard InChI is InChI=1S/C28H27IO4/c1-27(2)32-25-22(23(29)24(30)26(25)33-27)18-31-28(19-12-6-3-7-13-19,20-14-8-4-9-15-20)21-16-10-5-11-17-21/h3-17,24-26,30H,18H2,1-2H3/t24-,25+,26?/m0/s1. The molecule has 1 aliphatic heterocycles. The van der Waals surface area contributed by atoms with Gasteiger partial charge in [0.05, 0.1) is 6.61 Å². The minimum atomic E-state index is -0.828. The third-order valence-electron chi connectivity index (χ3n) is 6.34. The highest BCUT2D eigenvalue weighted by atomic mass is 127. The van der Waals surface area contributed by atoms with E-state index in [1.807, 2.05) is 68.4 Å². The van der Waals surface area contributed by atoms with Crippen LogP contribution in [-0.4, -0.2) is 35.8 Å². The van der Waals surface area contributed by atoms with Crippen LogP contribution in [-0.2, 0) is 19.8 Å². The molecule has 4 nitrogen and oxygen atoms in total. The van der Waals surface area contributed by atoms with Crippen molar-refractivity contribution in [2.24, 2.45) is 0 Å². The first-order valence-corrected chi connectivity index (χ1v) is 12.2. The molecule has 5 rings (SSSR count). The van der Waals surface area contributed by atoms with Crippen molar-refractivity contribution in [1.82, 2.24) is 0 Å². The summed E-state index contributed by atoms with van der Waals surface area (Å²) in [5.74, 6) is -0.742. The highest BCUT2D eigenvalue weighted by Crippen LogP contribution is 2.46. The lowest BCUT2D eigenvalue weighted by Crippen LogP contribution is -2.35. The molecule has 33 heavy (non-hydrogen) atoms. The second-order valence-corrected chi connectivity index (χ2v) is 10.1. The molecule has 0 spiro atoms. The molecular weight excluding hydrogens is 527 g/mol.